The van der Waals surface area contributed by atoms with Gasteiger partial charge in [-0.2, -0.15) is 11.8 Å². The van der Waals surface area contributed by atoms with Crippen LogP contribution in [0.25, 0.3) is 0 Å². The third-order valence-electron chi connectivity index (χ3n) is 0.640. The minimum absolute atomic E-state index is 0.368. The lowest BCUT2D eigenvalue weighted by Gasteiger charge is -1.87. The second-order valence-corrected chi connectivity index (χ2v) is 5.03. The van der Waals surface area contributed by atoms with E-state index >= 15 is 0 Å². The molecule has 0 aromatic heterocycles. The van der Waals surface area contributed by atoms with Gasteiger partial charge in [-0.15, -0.1) is 11.6 Å². The Labute approximate surface area is 60.2 Å². The quantitative estimate of drug-likeness (QED) is 0.380. The van der Waals surface area contributed by atoms with E-state index in [4.69, 9.17) is 11.6 Å². The highest BCUT2D eigenvalue weighted by atomic mass is 127. The third-order valence-corrected chi connectivity index (χ3v) is 3.44. The fraction of sp³-hybridized carbons (Fsp3) is 1.00. The number of thioether (sulfide) groups is 1. The molecule has 2 unspecified atom stereocenters. The van der Waals surface area contributed by atoms with Crippen LogP contribution in [0.5, 0.6) is 0 Å². The average molecular weight is 234 g/mol. The summed E-state index contributed by atoms with van der Waals surface area (Å²) in [5.74, 6) is 1.27. The molecule has 2 atom stereocenters. The zero-order valence-corrected chi connectivity index (χ0v) is 6.76. The Kier molecular flexibility index (Phi) is 1.92. The molecule has 1 fully saturated rings. The normalized spacial score (nSPS) is 36.0. The number of rotatable bonds is 1. The van der Waals surface area contributed by atoms with Gasteiger partial charge in [-0.25, -0.2) is 0 Å². The van der Waals surface area contributed by atoms with Crippen LogP contribution in [0.3, 0.4) is 0 Å². The van der Waals surface area contributed by atoms with Gasteiger partial charge >= 0.3 is 0 Å². The summed E-state index contributed by atoms with van der Waals surface area (Å²) in [6.07, 6.45) is 0. The summed E-state index contributed by atoms with van der Waals surface area (Å²) in [5, 5.41) is 0.771. The van der Waals surface area contributed by atoms with Crippen molar-refractivity contribution in [3.63, 3.8) is 0 Å². The van der Waals surface area contributed by atoms with Crippen LogP contribution < -0.4 is 0 Å². The van der Waals surface area contributed by atoms with Crippen molar-refractivity contribution in [3.05, 3.63) is 0 Å². The third kappa shape index (κ3) is 1.46. The lowest BCUT2D eigenvalue weighted by atomic mass is 10.6. The van der Waals surface area contributed by atoms with E-state index in [1.807, 2.05) is 11.8 Å². The van der Waals surface area contributed by atoms with E-state index in [1.165, 1.54) is 5.75 Å². The molecular formula is C3H4ClIS. The van der Waals surface area contributed by atoms with Gasteiger partial charge in [-0.05, 0) is 0 Å². The SMILES string of the molecule is ClC(I)C1CS1. The molecule has 0 saturated carbocycles. The molecule has 0 amide bonds. The minimum atomic E-state index is 0.368. The van der Waals surface area contributed by atoms with Gasteiger partial charge in [0.1, 0.15) is 0 Å². The van der Waals surface area contributed by atoms with Crippen LogP contribution >= 0.6 is 46.0 Å². The number of halogens is 2. The Hall–Kier alpha value is 1.37. The van der Waals surface area contributed by atoms with Gasteiger partial charge in [0.15, 0.2) is 0 Å². The predicted molar refractivity (Wildman–Crippen MR) is 39.9 cm³/mol. The molecule has 1 rings (SSSR count). The lowest BCUT2D eigenvalue weighted by Crippen LogP contribution is -1.91. The van der Waals surface area contributed by atoms with Gasteiger partial charge in [-0.3, -0.25) is 0 Å². The molecule has 1 heterocycles. The van der Waals surface area contributed by atoms with Crippen LogP contribution in [0.4, 0.5) is 0 Å². The van der Waals surface area contributed by atoms with E-state index in [9.17, 15) is 0 Å². The molecule has 1 aliphatic rings. The molecule has 0 aliphatic carbocycles. The van der Waals surface area contributed by atoms with Crippen LogP contribution in [0.2, 0.25) is 0 Å². The van der Waals surface area contributed by atoms with Gasteiger partial charge in [0.25, 0.3) is 0 Å². The molecule has 36 valence electrons. The van der Waals surface area contributed by atoms with Crippen molar-refractivity contribution >= 4 is 46.0 Å². The smallest absolute Gasteiger partial charge is 0.0976 e. The van der Waals surface area contributed by atoms with Gasteiger partial charge in [-0.1, -0.05) is 22.6 Å². The molecule has 0 aromatic rings. The van der Waals surface area contributed by atoms with E-state index in [-0.39, 0.29) is 0 Å². The van der Waals surface area contributed by atoms with E-state index < -0.39 is 0 Å². The number of hydrogen-bond donors (Lipinski definition) is 0. The highest BCUT2D eigenvalue weighted by molar-refractivity contribution is 14.1. The summed E-state index contributed by atoms with van der Waals surface area (Å²) in [6, 6.07) is 0. The standard InChI is InChI=1S/C3H4ClIS/c4-3(5)2-1-6-2/h2-3H,1H2. The molecule has 0 N–H and O–H groups in total. The maximum Gasteiger partial charge on any atom is 0.0976 e. The lowest BCUT2D eigenvalue weighted by molar-refractivity contribution is 1.23. The first kappa shape index (κ1) is 5.51. The van der Waals surface area contributed by atoms with Crippen LogP contribution in [0, 0.1) is 0 Å². The molecule has 0 aromatic carbocycles. The van der Waals surface area contributed by atoms with Crippen LogP contribution in [0.15, 0.2) is 0 Å². The zero-order chi connectivity index (χ0) is 4.57. The number of hydrogen-bond acceptors (Lipinski definition) is 1. The van der Waals surface area contributed by atoms with E-state index in [2.05, 4.69) is 22.6 Å². The molecule has 1 saturated heterocycles. The Morgan fingerprint density at radius 1 is 2.00 bits per heavy atom. The van der Waals surface area contributed by atoms with E-state index in [0.29, 0.717) is 3.38 Å². The molecule has 3 heteroatoms. The van der Waals surface area contributed by atoms with E-state index in [1.54, 1.807) is 0 Å². The fourth-order valence-corrected chi connectivity index (χ4v) is 2.29. The van der Waals surface area contributed by atoms with Crippen molar-refractivity contribution in [3.8, 4) is 0 Å². The molecule has 6 heavy (non-hydrogen) atoms. The van der Waals surface area contributed by atoms with Crippen molar-refractivity contribution in [1.82, 2.24) is 0 Å². The van der Waals surface area contributed by atoms with Gasteiger partial charge in [0.05, 0.1) is 3.38 Å². The second kappa shape index (κ2) is 2.09. The van der Waals surface area contributed by atoms with Crippen LogP contribution in [-0.2, 0) is 0 Å². The first-order valence-electron chi connectivity index (χ1n) is 1.70. The van der Waals surface area contributed by atoms with Crippen LogP contribution in [-0.4, -0.2) is 14.4 Å². The van der Waals surface area contributed by atoms with Crippen LogP contribution in [0.1, 0.15) is 0 Å². The summed E-state index contributed by atoms with van der Waals surface area (Å²) in [5.41, 5.74) is 0. The summed E-state index contributed by atoms with van der Waals surface area (Å²) in [6.45, 7) is 0. The summed E-state index contributed by atoms with van der Waals surface area (Å²) in [7, 11) is 0. The molecule has 0 radical (unpaired) electrons. The monoisotopic (exact) mass is 234 g/mol. The Morgan fingerprint density at radius 3 is 2.50 bits per heavy atom. The minimum Gasteiger partial charge on any atom is -0.154 e. The van der Waals surface area contributed by atoms with Gasteiger partial charge in [0, 0.05) is 11.0 Å². The molecule has 0 nitrogen and oxygen atoms in total. The highest BCUT2D eigenvalue weighted by Gasteiger charge is 2.28. The Morgan fingerprint density at radius 2 is 2.50 bits per heavy atom. The summed E-state index contributed by atoms with van der Waals surface area (Å²) >= 11 is 9.82. The molecule has 1 aliphatic heterocycles. The fourth-order valence-electron chi connectivity index (χ4n) is 0.201. The number of alkyl halides is 2. The van der Waals surface area contributed by atoms with Crippen molar-refractivity contribution in [2.24, 2.45) is 0 Å². The Balaban J connectivity index is 2.13. The molecule has 0 bridgehead atoms. The first-order chi connectivity index (χ1) is 2.80. The average Bonchev–Trinajstić information content (AvgIpc) is 2.06. The summed E-state index contributed by atoms with van der Waals surface area (Å²) < 4.78 is 0.368. The first-order valence-corrected chi connectivity index (χ1v) is 4.43. The van der Waals surface area contributed by atoms with Crippen molar-refractivity contribution in [1.29, 1.82) is 0 Å². The van der Waals surface area contributed by atoms with Gasteiger partial charge in [0.2, 0.25) is 0 Å². The molecular weight excluding hydrogens is 230 g/mol. The predicted octanol–water partition coefficient (Wildman–Crippen LogP) is 2.10. The molecule has 0 spiro atoms. The highest BCUT2D eigenvalue weighted by Crippen LogP contribution is 2.38. The topological polar surface area (TPSA) is 0 Å². The Bertz CT molecular complexity index is 52.8. The van der Waals surface area contributed by atoms with Crippen molar-refractivity contribution < 1.29 is 0 Å². The summed E-state index contributed by atoms with van der Waals surface area (Å²) in [4.78, 5) is 0. The van der Waals surface area contributed by atoms with E-state index in [0.717, 1.165) is 5.25 Å². The van der Waals surface area contributed by atoms with Gasteiger partial charge < -0.3 is 0 Å². The second-order valence-electron chi connectivity index (χ2n) is 1.21. The van der Waals surface area contributed by atoms with Crippen molar-refractivity contribution in [2.75, 3.05) is 5.75 Å². The largest absolute Gasteiger partial charge is 0.154 e. The maximum atomic E-state index is 5.64. The van der Waals surface area contributed by atoms with Crippen molar-refractivity contribution in [2.45, 2.75) is 8.63 Å². The maximum absolute atomic E-state index is 5.64. The zero-order valence-electron chi connectivity index (χ0n) is 3.03.